The van der Waals surface area contributed by atoms with E-state index < -0.39 is 0 Å². The summed E-state index contributed by atoms with van der Waals surface area (Å²) in [6.45, 7) is 0.673. The normalized spacial score (nSPS) is 13.8. The van der Waals surface area contributed by atoms with E-state index in [0.717, 1.165) is 11.3 Å². The fourth-order valence-corrected chi connectivity index (χ4v) is 2.36. The summed E-state index contributed by atoms with van der Waals surface area (Å²) in [6.07, 6.45) is 0. The second-order valence-corrected chi connectivity index (χ2v) is 4.76. The Balaban J connectivity index is 1.90. The molecule has 2 aromatic carbocycles. The highest BCUT2D eigenvalue weighted by atomic mass is 16.7. The molecule has 0 saturated heterocycles. The van der Waals surface area contributed by atoms with Crippen molar-refractivity contribution in [2.45, 2.75) is 6.04 Å². The molecule has 5 nitrogen and oxygen atoms in total. The second kappa shape index (κ2) is 5.93. The first-order valence-corrected chi connectivity index (χ1v) is 6.81. The van der Waals surface area contributed by atoms with E-state index in [1.54, 1.807) is 7.11 Å². The van der Waals surface area contributed by atoms with Crippen LogP contribution in [0.3, 0.4) is 0 Å². The van der Waals surface area contributed by atoms with Crippen LogP contribution >= 0.6 is 0 Å². The molecule has 21 heavy (non-hydrogen) atoms. The maximum absolute atomic E-state index is 5.91. The maximum atomic E-state index is 5.91. The van der Waals surface area contributed by atoms with Crippen LogP contribution in [0.25, 0.3) is 0 Å². The van der Waals surface area contributed by atoms with E-state index in [4.69, 9.17) is 19.9 Å². The molecule has 0 radical (unpaired) electrons. The molecule has 3 rings (SSSR count). The van der Waals surface area contributed by atoms with Crippen molar-refractivity contribution < 1.29 is 14.2 Å². The van der Waals surface area contributed by atoms with E-state index in [0.29, 0.717) is 23.8 Å². The van der Waals surface area contributed by atoms with Crippen molar-refractivity contribution in [1.82, 2.24) is 0 Å². The first kappa shape index (κ1) is 13.6. The average molecular weight is 286 g/mol. The number of benzene rings is 2. The second-order valence-electron chi connectivity index (χ2n) is 4.76. The predicted octanol–water partition coefficient (Wildman–Crippen LogP) is 2.54. The van der Waals surface area contributed by atoms with Crippen LogP contribution in [0, 0.1) is 0 Å². The maximum Gasteiger partial charge on any atom is 0.231 e. The number of hydrogen-bond acceptors (Lipinski definition) is 5. The van der Waals surface area contributed by atoms with E-state index in [-0.39, 0.29) is 12.8 Å². The number of methoxy groups -OCH3 is 1. The van der Waals surface area contributed by atoms with E-state index in [2.05, 4.69) is 5.32 Å². The summed E-state index contributed by atoms with van der Waals surface area (Å²) in [5.74, 6) is 2.00. The van der Waals surface area contributed by atoms with E-state index in [9.17, 15) is 0 Å². The summed E-state index contributed by atoms with van der Waals surface area (Å²) in [5.41, 5.74) is 7.93. The number of nitrogens with one attached hydrogen (secondary N) is 1. The Kier molecular flexibility index (Phi) is 3.83. The first-order chi connectivity index (χ1) is 10.3. The minimum Gasteiger partial charge on any atom is -0.493 e. The number of fused-ring (bicyclic) bond motifs is 1. The lowest BCUT2D eigenvalue weighted by molar-refractivity contribution is 0.171. The molecule has 0 aliphatic carbocycles. The van der Waals surface area contributed by atoms with Crippen LogP contribution in [0.2, 0.25) is 0 Å². The minimum atomic E-state index is -0.0317. The lowest BCUT2D eigenvalue weighted by Crippen LogP contribution is -2.20. The monoisotopic (exact) mass is 286 g/mol. The number of anilines is 1. The average Bonchev–Trinajstić information content (AvgIpc) is 3.01. The molecule has 110 valence electrons. The van der Waals surface area contributed by atoms with Gasteiger partial charge in [0.2, 0.25) is 12.5 Å². The van der Waals surface area contributed by atoms with Gasteiger partial charge in [0.15, 0.2) is 11.5 Å². The van der Waals surface area contributed by atoms with Gasteiger partial charge in [-0.05, 0) is 29.8 Å². The van der Waals surface area contributed by atoms with E-state index in [1.807, 2.05) is 42.5 Å². The zero-order chi connectivity index (χ0) is 14.7. The number of para-hydroxylation sites is 1. The first-order valence-electron chi connectivity index (χ1n) is 6.81. The van der Waals surface area contributed by atoms with Crippen molar-refractivity contribution in [2.75, 3.05) is 25.8 Å². The standard InChI is InChI=1S/C16H18N2O3/c1-19-14-7-11(8-15-16(14)21-10-20-15)13(9-17)18-12-5-3-2-4-6-12/h2-8,13,18H,9-10,17H2,1H3. The molecule has 1 aliphatic rings. The smallest absolute Gasteiger partial charge is 0.231 e. The van der Waals surface area contributed by atoms with E-state index >= 15 is 0 Å². The number of ether oxygens (including phenoxy) is 3. The van der Waals surface area contributed by atoms with Crippen LogP contribution in [0.1, 0.15) is 11.6 Å². The molecule has 0 bridgehead atoms. The van der Waals surface area contributed by atoms with Gasteiger partial charge in [-0.15, -0.1) is 0 Å². The van der Waals surface area contributed by atoms with Gasteiger partial charge in [0.1, 0.15) is 0 Å². The number of rotatable bonds is 5. The molecule has 1 unspecified atom stereocenters. The van der Waals surface area contributed by atoms with Crippen LogP contribution in [0.5, 0.6) is 17.2 Å². The Morgan fingerprint density at radius 1 is 1.24 bits per heavy atom. The fourth-order valence-electron chi connectivity index (χ4n) is 2.36. The largest absolute Gasteiger partial charge is 0.493 e. The third-order valence-electron chi connectivity index (χ3n) is 3.43. The van der Waals surface area contributed by atoms with Gasteiger partial charge in [0, 0.05) is 12.2 Å². The van der Waals surface area contributed by atoms with Crippen molar-refractivity contribution >= 4 is 5.69 Å². The van der Waals surface area contributed by atoms with Gasteiger partial charge in [-0.3, -0.25) is 0 Å². The van der Waals surface area contributed by atoms with Gasteiger partial charge < -0.3 is 25.3 Å². The highest BCUT2D eigenvalue weighted by molar-refractivity contribution is 5.57. The molecule has 0 saturated carbocycles. The Morgan fingerprint density at radius 2 is 2.05 bits per heavy atom. The molecular formula is C16H18N2O3. The zero-order valence-electron chi connectivity index (χ0n) is 11.8. The molecule has 0 aromatic heterocycles. The summed E-state index contributed by atoms with van der Waals surface area (Å²) in [4.78, 5) is 0. The van der Waals surface area contributed by atoms with Crippen LogP contribution < -0.4 is 25.3 Å². The summed E-state index contributed by atoms with van der Waals surface area (Å²) in [5, 5.41) is 3.41. The fraction of sp³-hybridized carbons (Fsp3) is 0.250. The SMILES string of the molecule is COc1cc(C(CN)Nc2ccccc2)cc2c1OCO2. The van der Waals surface area contributed by atoms with Crippen molar-refractivity contribution in [3.8, 4) is 17.2 Å². The molecule has 1 atom stereocenters. The third-order valence-corrected chi connectivity index (χ3v) is 3.43. The van der Waals surface area contributed by atoms with E-state index in [1.165, 1.54) is 0 Å². The van der Waals surface area contributed by atoms with Crippen LogP contribution in [-0.4, -0.2) is 20.4 Å². The van der Waals surface area contributed by atoms with Gasteiger partial charge in [-0.1, -0.05) is 18.2 Å². The Hall–Kier alpha value is -2.40. The predicted molar refractivity (Wildman–Crippen MR) is 81.0 cm³/mol. The van der Waals surface area contributed by atoms with Crippen molar-refractivity contribution in [3.05, 3.63) is 48.0 Å². The molecular weight excluding hydrogens is 268 g/mol. The Bertz CT molecular complexity index is 616. The molecule has 0 amide bonds. The lowest BCUT2D eigenvalue weighted by atomic mass is 10.0. The third kappa shape index (κ3) is 2.73. The minimum absolute atomic E-state index is 0.0317. The van der Waals surface area contributed by atoms with Crippen LogP contribution in [0.15, 0.2) is 42.5 Å². The molecule has 1 aliphatic heterocycles. The summed E-state index contributed by atoms with van der Waals surface area (Å²) < 4.78 is 16.2. The summed E-state index contributed by atoms with van der Waals surface area (Å²) >= 11 is 0. The van der Waals surface area contributed by atoms with Gasteiger partial charge >= 0.3 is 0 Å². The summed E-state index contributed by atoms with van der Waals surface area (Å²) in [7, 11) is 1.61. The van der Waals surface area contributed by atoms with Gasteiger partial charge in [-0.25, -0.2) is 0 Å². The highest BCUT2D eigenvalue weighted by Crippen LogP contribution is 2.43. The zero-order valence-corrected chi connectivity index (χ0v) is 11.8. The topological polar surface area (TPSA) is 65.7 Å². The van der Waals surface area contributed by atoms with Crippen LogP contribution in [0.4, 0.5) is 5.69 Å². The molecule has 0 spiro atoms. The van der Waals surface area contributed by atoms with Crippen molar-refractivity contribution in [1.29, 1.82) is 0 Å². The molecule has 5 heteroatoms. The molecule has 2 aromatic rings. The molecule has 1 heterocycles. The lowest BCUT2D eigenvalue weighted by Gasteiger charge is -2.20. The summed E-state index contributed by atoms with van der Waals surface area (Å²) in [6, 6.07) is 13.8. The quantitative estimate of drug-likeness (QED) is 0.884. The van der Waals surface area contributed by atoms with Gasteiger partial charge in [0.05, 0.1) is 13.2 Å². The van der Waals surface area contributed by atoms with Crippen molar-refractivity contribution in [3.63, 3.8) is 0 Å². The Labute approximate surface area is 123 Å². The van der Waals surface area contributed by atoms with Gasteiger partial charge in [0.25, 0.3) is 0 Å². The van der Waals surface area contributed by atoms with Crippen LogP contribution in [-0.2, 0) is 0 Å². The van der Waals surface area contributed by atoms with Crippen molar-refractivity contribution in [2.24, 2.45) is 5.73 Å². The number of hydrogen-bond donors (Lipinski definition) is 2. The Morgan fingerprint density at radius 3 is 2.76 bits per heavy atom. The molecule has 3 N–H and O–H groups in total. The highest BCUT2D eigenvalue weighted by Gasteiger charge is 2.22. The van der Waals surface area contributed by atoms with Gasteiger partial charge in [-0.2, -0.15) is 0 Å². The molecule has 0 fully saturated rings. The number of nitrogens with two attached hydrogens (primary N) is 1.